The molecule has 1 fully saturated rings. The number of nitrogens with one attached hydrogen (secondary N) is 1. The number of hydrogen-bond donors (Lipinski definition) is 1. The van der Waals surface area contributed by atoms with E-state index in [2.05, 4.69) is 5.32 Å². The minimum atomic E-state index is -1.17. The first-order chi connectivity index (χ1) is 13.3. The number of benzene rings is 1. The summed E-state index contributed by atoms with van der Waals surface area (Å²) in [6.07, 6.45) is 0. The molecule has 0 unspecified atom stereocenters. The van der Waals surface area contributed by atoms with E-state index in [4.69, 9.17) is 4.74 Å². The van der Waals surface area contributed by atoms with Gasteiger partial charge in [-0.2, -0.15) is 0 Å². The molecule has 2 heterocycles. The topological polar surface area (TPSA) is 80.6 Å². The highest BCUT2D eigenvalue weighted by Crippen LogP contribution is 2.29. The quantitative estimate of drug-likeness (QED) is 0.588. The van der Waals surface area contributed by atoms with Crippen molar-refractivity contribution in [3.8, 4) is 0 Å². The SMILES string of the molecule is COCCn1c(C)cc(C(=O)CN2C(=O)N[C@](C)(c3ccccc3)C2=O)c1C. The van der Waals surface area contributed by atoms with Crippen molar-refractivity contribution in [2.75, 3.05) is 20.3 Å². The number of ether oxygens (including phenoxy) is 1. The molecule has 0 saturated carbocycles. The summed E-state index contributed by atoms with van der Waals surface area (Å²) in [6, 6.07) is 10.3. The lowest BCUT2D eigenvalue weighted by atomic mass is 9.92. The van der Waals surface area contributed by atoms with Crippen LogP contribution in [-0.4, -0.2) is 47.4 Å². The fourth-order valence-electron chi connectivity index (χ4n) is 3.65. The second-order valence-electron chi connectivity index (χ2n) is 7.16. The van der Waals surface area contributed by atoms with Crippen LogP contribution in [0.5, 0.6) is 0 Å². The molecule has 1 aromatic carbocycles. The third-order valence-corrected chi connectivity index (χ3v) is 5.32. The van der Waals surface area contributed by atoms with Crippen molar-refractivity contribution in [3.05, 3.63) is 58.9 Å². The Morgan fingerprint density at radius 2 is 1.86 bits per heavy atom. The minimum absolute atomic E-state index is 0.266. The van der Waals surface area contributed by atoms with Gasteiger partial charge in [-0.05, 0) is 32.4 Å². The molecule has 3 rings (SSSR count). The van der Waals surface area contributed by atoms with Crippen LogP contribution in [0.15, 0.2) is 36.4 Å². The van der Waals surface area contributed by atoms with E-state index >= 15 is 0 Å². The summed E-state index contributed by atoms with van der Waals surface area (Å²) in [7, 11) is 1.63. The standard InChI is InChI=1S/C21H25N3O4/c1-14-12-17(15(2)23(14)10-11-28-4)18(25)13-24-19(26)21(3,22-20(24)27)16-8-6-5-7-9-16/h5-9,12H,10-11,13H2,1-4H3,(H,22,27)/t21-/m1/s1. The van der Waals surface area contributed by atoms with E-state index in [9.17, 15) is 14.4 Å². The molecule has 3 amide bonds. The Balaban J connectivity index is 1.82. The lowest BCUT2D eigenvalue weighted by Crippen LogP contribution is -2.41. The molecule has 7 nitrogen and oxygen atoms in total. The number of hydrogen-bond acceptors (Lipinski definition) is 4. The van der Waals surface area contributed by atoms with E-state index in [-0.39, 0.29) is 12.3 Å². The van der Waals surface area contributed by atoms with Crippen molar-refractivity contribution in [1.82, 2.24) is 14.8 Å². The molecular formula is C21H25N3O4. The lowest BCUT2D eigenvalue weighted by molar-refractivity contribution is -0.130. The summed E-state index contributed by atoms with van der Waals surface area (Å²) in [4.78, 5) is 39.3. The van der Waals surface area contributed by atoms with Gasteiger partial charge >= 0.3 is 6.03 Å². The summed E-state index contributed by atoms with van der Waals surface area (Å²) in [5.41, 5.74) is 1.76. The largest absolute Gasteiger partial charge is 0.383 e. The smallest absolute Gasteiger partial charge is 0.325 e. The molecule has 1 aliphatic rings. The number of imide groups is 1. The predicted molar refractivity (Wildman–Crippen MR) is 104 cm³/mol. The molecule has 0 spiro atoms. The summed E-state index contributed by atoms with van der Waals surface area (Å²) < 4.78 is 7.11. The number of carbonyl (C=O) groups is 3. The van der Waals surface area contributed by atoms with Crippen LogP contribution in [0.25, 0.3) is 0 Å². The molecular weight excluding hydrogens is 358 g/mol. The zero-order valence-corrected chi connectivity index (χ0v) is 16.6. The van der Waals surface area contributed by atoms with Crippen molar-refractivity contribution in [1.29, 1.82) is 0 Å². The summed E-state index contributed by atoms with van der Waals surface area (Å²) >= 11 is 0. The van der Waals surface area contributed by atoms with Gasteiger partial charge < -0.3 is 14.6 Å². The maximum Gasteiger partial charge on any atom is 0.325 e. The van der Waals surface area contributed by atoms with Crippen LogP contribution in [0.2, 0.25) is 0 Å². The molecule has 0 radical (unpaired) electrons. The fraction of sp³-hybridized carbons (Fsp3) is 0.381. The first-order valence-electron chi connectivity index (χ1n) is 9.18. The van der Waals surface area contributed by atoms with Crippen molar-refractivity contribution < 1.29 is 19.1 Å². The minimum Gasteiger partial charge on any atom is -0.383 e. The van der Waals surface area contributed by atoms with E-state index < -0.39 is 17.5 Å². The van der Waals surface area contributed by atoms with E-state index in [0.29, 0.717) is 24.3 Å². The Kier molecular flexibility index (Phi) is 5.38. The van der Waals surface area contributed by atoms with Gasteiger partial charge in [-0.1, -0.05) is 30.3 Å². The number of amides is 3. The molecule has 28 heavy (non-hydrogen) atoms. The lowest BCUT2D eigenvalue weighted by Gasteiger charge is -2.22. The highest BCUT2D eigenvalue weighted by atomic mass is 16.5. The number of carbonyl (C=O) groups excluding carboxylic acids is 3. The van der Waals surface area contributed by atoms with E-state index in [1.54, 1.807) is 32.2 Å². The van der Waals surface area contributed by atoms with Crippen LogP contribution in [0.4, 0.5) is 4.79 Å². The number of methoxy groups -OCH3 is 1. The molecule has 148 valence electrons. The maximum absolute atomic E-state index is 13.0. The van der Waals surface area contributed by atoms with Crippen molar-refractivity contribution >= 4 is 17.7 Å². The number of rotatable bonds is 7. The van der Waals surface area contributed by atoms with Crippen LogP contribution in [0, 0.1) is 13.8 Å². The van der Waals surface area contributed by atoms with E-state index in [1.165, 1.54) is 0 Å². The van der Waals surface area contributed by atoms with E-state index in [0.717, 1.165) is 16.3 Å². The Hall–Kier alpha value is -2.93. The van der Waals surface area contributed by atoms with Crippen LogP contribution in [0.3, 0.4) is 0 Å². The molecule has 2 aromatic rings. The Morgan fingerprint density at radius 3 is 2.50 bits per heavy atom. The van der Waals surface area contributed by atoms with Crippen LogP contribution < -0.4 is 5.32 Å². The Morgan fingerprint density at radius 1 is 1.18 bits per heavy atom. The number of aromatic nitrogens is 1. The van der Waals surface area contributed by atoms with Crippen molar-refractivity contribution in [2.24, 2.45) is 0 Å². The van der Waals surface area contributed by atoms with E-state index in [1.807, 2.05) is 36.6 Å². The van der Waals surface area contributed by atoms with Crippen LogP contribution in [0.1, 0.15) is 34.2 Å². The van der Waals surface area contributed by atoms with Crippen molar-refractivity contribution in [3.63, 3.8) is 0 Å². The summed E-state index contributed by atoms with van der Waals surface area (Å²) in [5, 5.41) is 2.73. The van der Waals surface area contributed by atoms with Crippen molar-refractivity contribution in [2.45, 2.75) is 32.9 Å². The zero-order chi connectivity index (χ0) is 20.5. The highest BCUT2D eigenvalue weighted by molar-refractivity contribution is 6.11. The second kappa shape index (κ2) is 7.59. The number of urea groups is 1. The normalized spacial score (nSPS) is 19.2. The zero-order valence-electron chi connectivity index (χ0n) is 16.6. The van der Waals surface area contributed by atoms with Crippen LogP contribution >= 0.6 is 0 Å². The molecule has 1 aromatic heterocycles. The van der Waals surface area contributed by atoms with Gasteiger partial charge in [0.2, 0.25) is 0 Å². The second-order valence-corrected chi connectivity index (χ2v) is 7.16. The van der Waals surface area contributed by atoms with Crippen LogP contribution in [-0.2, 0) is 21.6 Å². The first kappa shape index (κ1) is 19.8. The molecule has 1 aliphatic heterocycles. The molecule has 1 saturated heterocycles. The Labute approximate surface area is 164 Å². The van der Waals surface area contributed by atoms with Gasteiger partial charge in [0.05, 0.1) is 13.2 Å². The average Bonchev–Trinajstić information content (AvgIpc) is 3.09. The molecule has 1 atom stereocenters. The average molecular weight is 383 g/mol. The van der Waals surface area contributed by atoms with Gasteiger partial charge in [-0.3, -0.25) is 14.5 Å². The molecule has 1 N–H and O–H groups in total. The molecule has 0 bridgehead atoms. The number of Topliss-reactive ketones (excluding diaryl/α,β-unsaturated/α-hetero) is 1. The maximum atomic E-state index is 13.0. The summed E-state index contributed by atoms with van der Waals surface area (Å²) in [6.45, 7) is 6.31. The van der Waals surface area contributed by atoms with Gasteiger partial charge in [0.25, 0.3) is 5.91 Å². The van der Waals surface area contributed by atoms with Gasteiger partial charge in [0.15, 0.2) is 5.78 Å². The number of ketones is 1. The predicted octanol–water partition coefficient (Wildman–Crippen LogP) is 2.40. The third-order valence-electron chi connectivity index (χ3n) is 5.32. The number of aryl methyl sites for hydroxylation is 1. The Bertz CT molecular complexity index is 919. The molecule has 0 aliphatic carbocycles. The number of nitrogens with zero attached hydrogens (tertiary/aromatic N) is 2. The fourth-order valence-corrected chi connectivity index (χ4v) is 3.65. The highest BCUT2D eigenvalue weighted by Gasteiger charge is 2.49. The molecule has 7 heteroatoms. The van der Waals surface area contributed by atoms with Gasteiger partial charge in [-0.25, -0.2) is 4.79 Å². The first-order valence-corrected chi connectivity index (χ1v) is 9.18. The van der Waals surface area contributed by atoms with Gasteiger partial charge in [0, 0.05) is 30.6 Å². The third kappa shape index (κ3) is 3.33. The monoisotopic (exact) mass is 383 g/mol. The summed E-state index contributed by atoms with van der Waals surface area (Å²) in [5.74, 6) is -0.692. The van der Waals surface area contributed by atoms with Gasteiger partial charge in [-0.15, -0.1) is 0 Å². The van der Waals surface area contributed by atoms with Gasteiger partial charge in [0.1, 0.15) is 5.54 Å².